The van der Waals surface area contributed by atoms with Gasteiger partial charge in [-0.2, -0.15) is 10.2 Å². The minimum atomic E-state index is -0.456. The van der Waals surface area contributed by atoms with E-state index in [0.717, 1.165) is 90.1 Å². The van der Waals surface area contributed by atoms with Crippen LogP contribution in [0.2, 0.25) is 0 Å². The summed E-state index contributed by atoms with van der Waals surface area (Å²) >= 11 is 0. The second-order valence-electron chi connectivity index (χ2n) is 7.79. The zero-order valence-electron chi connectivity index (χ0n) is 18.2. The van der Waals surface area contributed by atoms with Gasteiger partial charge in [-0.1, -0.05) is 63.5 Å². The summed E-state index contributed by atoms with van der Waals surface area (Å²) in [5, 5.41) is 8.51. The van der Waals surface area contributed by atoms with E-state index in [4.69, 9.17) is 9.47 Å². The molecule has 170 valence electrons. The molecular formula is C24H38BaN2O4. The number of fused-ring (bicyclic) bond motifs is 1. The van der Waals surface area contributed by atoms with Gasteiger partial charge in [-0.15, -0.1) is 0 Å². The van der Waals surface area contributed by atoms with Crippen LogP contribution < -0.4 is 0 Å². The van der Waals surface area contributed by atoms with Crippen LogP contribution in [0.4, 0.5) is 0 Å². The van der Waals surface area contributed by atoms with Crippen LogP contribution in [0.25, 0.3) is 0 Å². The molecule has 1 aliphatic heterocycles. The van der Waals surface area contributed by atoms with Crippen LogP contribution in [0.3, 0.4) is 0 Å². The van der Waals surface area contributed by atoms with Gasteiger partial charge in [-0.05, 0) is 37.8 Å². The van der Waals surface area contributed by atoms with Crippen LogP contribution >= 0.6 is 0 Å². The molecule has 0 radical (unpaired) electrons. The van der Waals surface area contributed by atoms with E-state index in [1.807, 2.05) is 0 Å². The Hall–Kier alpha value is -0.669. The van der Waals surface area contributed by atoms with Gasteiger partial charge in [0.1, 0.15) is 0 Å². The molecule has 7 heteroatoms. The molecule has 0 amide bonds. The van der Waals surface area contributed by atoms with Gasteiger partial charge in [0.25, 0.3) is 0 Å². The molecule has 0 fully saturated rings. The van der Waals surface area contributed by atoms with Crippen molar-refractivity contribution in [3.05, 3.63) is 35.4 Å². The van der Waals surface area contributed by atoms with Crippen molar-refractivity contribution in [2.75, 3.05) is 26.3 Å². The topological polar surface area (TPSA) is 77.3 Å². The van der Waals surface area contributed by atoms with Crippen LogP contribution in [0.5, 0.6) is 0 Å². The molecule has 0 atom stereocenters. The fourth-order valence-electron chi connectivity index (χ4n) is 3.45. The van der Waals surface area contributed by atoms with Crippen molar-refractivity contribution in [1.82, 2.24) is 0 Å². The maximum absolute atomic E-state index is 12.4. The Kier molecular flexibility index (Phi) is 17.3. The van der Waals surface area contributed by atoms with Gasteiger partial charge in [0, 0.05) is 0 Å². The Balaban J connectivity index is 0.00000480. The van der Waals surface area contributed by atoms with E-state index in [9.17, 15) is 9.59 Å². The minimum absolute atomic E-state index is 0. The molecule has 1 aliphatic rings. The van der Waals surface area contributed by atoms with Crippen LogP contribution in [0.15, 0.2) is 34.5 Å². The van der Waals surface area contributed by atoms with Crippen LogP contribution in [-0.4, -0.2) is 87.1 Å². The van der Waals surface area contributed by atoms with E-state index in [1.54, 1.807) is 24.3 Å². The number of azo groups is 1. The molecule has 0 aromatic heterocycles. The Morgan fingerprint density at radius 3 is 1.32 bits per heavy atom. The zero-order valence-corrected chi connectivity index (χ0v) is 18.2. The molecule has 0 bridgehead atoms. The number of ether oxygens (including phenoxy) is 2. The number of nitrogens with zero attached hydrogens (tertiary/aromatic N) is 2. The molecule has 0 N–H and O–H groups in total. The van der Waals surface area contributed by atoms with Crippen molar-refractivity contribution >= 4 is 60.8 Å². The first-order chi connectivity index (χ1) is 14.8. The number of esters is 2. The predicted molar refractivity (Wildman–Crippen MR) is 126 cm³/mol. The molecule has 1 aromatic rings. The summed E-state index contributed by atoms with van der Waals surface area (Å²) in [7, 11) is 0. The first-order valence-corrected chi connectivity index (χ1v) is 11.6. The van der Waals surface area contributed by atoms with Gasteiger partial charge in [-0.3, -0.25) is 0 Å². The third kappa shape index (κ3) is 12.8. The number of cyclic esters (lactones) is 2. The van der Waals surface area contributed by atoms with E-state index in [1.165, 1.54) is 0 Å². The Morgan fingerprint density at radius 2 is 0.903 bits per heavy atom. The fourth-order valence-corrected chi connectivity index (χ4v) is 3.45. The molecule has 0 saturated carbocycles. The molecule has 0 spiro atoms. The number of hydrogen-bond acceptors (Lipinski definition) is 6. The van der Waals surface area contributed by atoms with E-state index >= 15 is 0 Å². The number of carbonyl (C=O) groups excluding carboxylic acids is 2. The van der Waals surface area contributed by atoms with Crippen molar-refractivity contribution in [3.8, 4) is 0 Å². The number of carbonyl (C=O) groups is 2. The second kappa shape index (κ2) is 18.9. The van der Waals surface area contributed by atoms with Crippen molar-refractivity contribution in [1.29, 1.82) is 0 Å². The first-order valence-electron chi connectivity index (χ1n) is 11.6. The molecule has 6 nitrogen and oxygen atoms in total. The van der Waals surface area contributed by atoms with Crippen LogP contribution in [0.1, 0.15) is 97.8 Å². The summed E-state index contributed by atoms with van der Waals surface area (Å²) in [5.74, 6) is -0.912. The fraction of sp³-hybridized carbons (Fsp3) is 0.667. The van der Waals surface area contributed by atoms with Crippen LogP contribution in [0, 0.1) is 0 Å². The van der Waals surface area contributed by atoms with Crippen LogP contribution in [-0.2, 0) is 9.47 Å². The maximum atomic E-state index is 12.4. The Morgan fingerprint density at radius 1 is 0.548 bits per heavy atom. The zero-order chi connectivity index (χ0) is 21.3. The third-order valence-corrected chi connectivity index (χ3v) is 5.24. The number of rotatable bonds is 0. The summed E-state index contributed by atoms with van der Waals surface area (Å²) in [6, 6.07) is 6.73. The quantitative estimate of drug-likeness (QED) is 0.324. The van der Waals surface area contributed by atoms with Gasteiger partial charge in [0.15, 0.2) is 0 Å². The summed E-state index contributed by atoms with van der Waals surface area (Å²) in [6.45, 7) is 2.40. The number of hydrogen-bond donors (Lipinski definition) is 0. The summed E-state index contributed by atoms with van der Waals surface area (Å²) in [6.07, 6.45) is 12.8. The Labute approximate surface area is 227 Å². The van der Waals surface area contributed by atoms with E-state index in [-0.39, 0.29) is 60.0 Å². The van der Waals surface area contributed by atoms with Crippen molar-refractivity contribution < 1.29 is 19.1 Å². The third-order valence-electron chi connectivity index (χ3n) is 5.24. The molecular weight excluding hydrogens is 518 g/mol. The van der Waals surface area contributed by atoms with Gasteiger partial charge >= 0.3 is 60.8 Å². The molecule has 1 heterocycles. The normalized spacial score (nSPS) is 19.1. The molecule has 0 saturated heterocycles. The van der Waals surface area contributed by atoms with Crippen molar-refractivity contribution in [2.45, 2.75) is 77.0 Å². The molecule has 2 rings (SSSR count). The van der Waals surface area contributed by atoms with Gasteiger partial charge < -0.3 is 9.47 Å². The Bertz CT molecular complexity index is 612. The SMILES string of the molecule is O=C1OCCCCCCCCN=NCCCCCCCCOC(=O)c2ccccc21.[BaH2]. The van der Waals surface area contributed by atoms with Gasteiger partial charge in [-0.25, -0.2) is 9.59 Å². The number of benzene rings is 1. The molecule has 0 unspecified atom stereocenters. The molecule has 31 heavy (non-hydrogen) atoms. The standard InChI is InChI=1S/C24H36N2O4.Ba.2H/c27-23-21-15-9-10-16-22(21)24(28)30-20-14-8-4-2-6-12-18-26-25-17-11-5-1-3-7-13-19-29-23;;;/h9-10,15-16H,1-8,11-14,17-20H2;;;. The summed E-state index contributed by atoms with van der Waals surface area (Å²) < 4.78 is 10.8. The van der Waals surface area contributed by atoms with Gasteiger partial charge in [0.05, 0.1) is 37.4 Å². The summed E-state index contributed by atoms with van der Waals surface area (Å²) in [5.41, 5.74) is 0.567. The first kappa shape index (κ1) is 28.4. The molecule has 0 aliphatic carbocycles. The monoisotopic (exact) mass is 556 g/mol. The van der Waals surface area contributed by atoms with Gasteiger partial charge in [0.2, 0.25) is 0 Å². The summed E-state index contributed by atoms with van der Waals surface area (Å²) in [4.78, 5) is 24.8. The average molecular weight is 556 g/mol. The molecule has 1 aromatic carbocycles. The van der Waals surface area contributed by atoms with E-state index < -0.39 is 11.9 Å². The second-order valence-corrected chi connectivity index (χ2v) is 7.79. The van der Waals surface area contributed by atoms with E-state index in [0.29, 0.717) is 13.2 Å². The predicted octanol–water partition coefficient (Wildman–Crippen LogP) is 5.23. The van der Waals surface area contributed by atoms with Crippen molar-refractivity contribution in [2.24, 2.45) is 10.2 Å². The van der Waals surface area contributed by atoms with E-state index in [2.05, 4.69) is 10.2 Å². The van der Waals surface area contributed by atoms with Crippen molar-refractivity contribution in [3.63, 3.8) is 0 Å². The average Bonchev–Trinajstić information content (AvgIpc) is 2.76.